The molecule has 0 saturated heterocycles. The van der Waals surface area contributed by atoms with Crippen LogP contribution in [0.4, 0.5) is 0 Å². The molecular formula is C22H18N2O2S2. The van der Waals surface area contributed by atoms with E-state index in [0.29, 0.717) is 17.8 Å². The molecule has 6 heteroatoms. The first-order valence-electron chi connectivity index (χ1n) is 8.81. The van der Waals surface area contributed by atoms with Crippen LogP contribution in [0, 0.1) is 0 Å². The molecule has 0 bridgehead atoms. The molecule has 4 aromatic rings. The molecule has 140 valence electrons. The summed E-state index contributed by atoms with van der Waals surface area (Å²) in [4.78, 5) is 26.3. The Hall–Kier alpha value is -2.96. The fraction of sp³-hybridized carbons (Fsp3) is 0.0909. The lowest BCUT2D eigenvalue weighted by molar-refractivity contribution is -0.120. The summed E-state index contributed by atoms with van der Waals surface area (Å²) in [6.07, 6.45) is 0.385. The molecule has 2 heterocycles. The molecule has 4 rings (SSSR count). The number of carbonyl (C=O) groups excluding carboxylic acids is 2. The van der Waals surface area contributed by atoms with Crippen molar-refractivity contribution in [3.05, 3.63) is 82.0 Å². The average Bonchev–Trinajstić information content (AvgIpc) is 3.33. The SMILES string of the molecule is NC(=O)c1cc2cc(-c3ccc(CNC(=O)Cc4ccccc4)s3)ccc2s1. The maximum Gasteiger partial charge on any atom is 0.258 e. The normalized spacial score (nSPS) is 10.9. The number of fused-ring (bicyclic) bond motifs is 1. The van der Waals surface area contributed by atoms with Crippen molar-refractivity contribution in [2.75, 3.05) is 0 Å². The largest absolute Gasteiger partial charge is 0.365 e. The minimum absolute atomic E-state index is 0.0137. The summed E-state index contributed by atoms with van der Waals surface area (Å²) in [5.41, 5.74) is 7.47. The van der Waals surface area contributed by atoms with E-state index in [0.717, 1.165) is 31.0 Å². The van der Waals surface area contributed by atoms with Crippen LogP contribution in [0.15, 0.2) is 66.7 Å². The molecular weight excluding hydrogens is 388 g/mol. The molecule has 2 amide bonds. The zero-order valence-electron chi connectivity index (χ0n) is 15.0. The van der Waals surface area contributed by atoms with Gasteiger partial charge in [-0.1, -0.05) is 36.4 Å². The van der Waals surface area contributed by atoms with Gasteiger partial charge in [0.1, 0.15) is 0 Å². The number of benzene rings is 2. The lowest BCUT2D eigenvalue weighted by Gasteiger charge is -2.03. The fourth-order valence-corrected chi connectivity index (χ4v) is 4.81. The molecule has 0 aliphatic carbocycles. The molecule has 0 atom stereocenters. The van der Waals surface area contributed by atoms with E-state index in [1.165, 1.54) is 11.3 Å². The van der Waals surface area contributed by atoms with Crippen molar-refractivity contribution in [3.63, 3.8) is 0 Å². The van der Waals surface area contributed by atoms with Gasteiger partial charge in [-0.15, -0.1) is 22.7 Å². The molecule has 0 fully saturated rings. The van der Waals surface area contributed by atoms with Gasteiger partial charge < -0.3 is 11.1 Å². The minimum Gasteiger partial charge on any atom is -0.365 e. The number of hydrogen-bond donors (Lipinski definition) is 2. The lowest BCUT2D eigenvalue weighted by Crippen LogP contribution is -2.24. The Morgan fingerprint density at radius 1 is 0.929 bits per heavy atom. The molecule has 0 saturated carbocycles. The van der Waals surface area contributed by atoms with Gasteiger partial charge in [-0.3, -0.25) is 9.59 Å². The van der Waals surface area contributed by atoms with Crippen molar-refractivity contribution in [3.8, 4) is 10.4 Å². The molecule has 3 N–H and O–H groups in total. The number of rotatable bonds is 6. The third-order valence-electron chi connectivity index (χ3n) is 4.37. The van der Waals surface area contributed by atoms with E-state index >= 15 is 0 Å². The second kappa shape index (κ2) is 7.96. The number of nitrogens with one attached hydrogen (secondary N) is 1. The van der Waals surface area contributed by atoms with E-state index in [-0.39, 0.29) is 5.91 Å². The van der Waals surface area contributed by atoms with Crippen LogP contribution < -0.4 is 11.1 Å². The molecule has 4 nitrogen and oxygen atoms in total. The van der Waals surface area contributed by atoms with Gasteiger partial charge in [0.05, 0.1) is 17.8 Å². The zero-order valence-corrected chi connectivity index (χ0v) is 16.6. The van der Waals surface area contributed by atoms with Crippen LogP contribution in [0.2, 0.25) is 0 Å². The first-order chi connectivity index (χ1) is 13.6. The summed E-state index contributed by atoms with van der Waals surface area (Å²) in [6.45, 7) is 0.517. The molecule has 0 unspecified atom stereocenters. The van der Waals surface area contributed by atoms with Gasteiger partial charge in [0.2, 0.25) is 5.91 Å². The molecule has 28 heavy (non-hydrogen) atoms. The Balaban J connectivity index is 1.43. The standard InChI is InChI=1S/C22H18N2O2S2/c23-22(26)20-12-16-11-15(6-8-19(16)28-20)18-9-7-17(27-18)13-24-21(25)10-14-4-2-1-3-5-14/h1-9,11-12H,10,13H2,(H2,23,26)(H,24,25). The van der Waals surface area contributed by atoms with E-state index in [9.17, 15) is 9.59 Å². The minimum atomic E-state index is -0.396. The zero-order chi connectivity index (χ0) is 19.5. The van der Waals surface area contributed by atoms with Gasteiger partial charge in [-0.05, 0) is 46.8 Å². The predicted octanol–water partition coefficient (Wildman–Crippen LogP) is 4.59. The highest BCUT2D eigenvalue weighted by molar-refractivity contribution is 7.20. The molecule has 0 aliphatic rings. The summed E-state index contributed by atoms with van der Waals surface area (Å²) in [5, 5.41) is 4.00. The second-order valence-corrected chi connectivity index (χ2v) is 8.68. The predicted molar refractivity (Wildman–Crippen MR) is 116 cm³/mol. The maximum absolute atomic E-state index is 12.1. The van der Waals surface area contributed by atoms with Crippen LogP contribution in [-0.2, 0) is 17.8 Å². The molecule has 2 aromatic heterocycles. The highest BCUT2D eigenvalue weighted by Gasteiger charge is 2.10. The van der Waals surface area contributed by atoms with Crippen molar-refractivity contribution >= 4 is 44.6 Å². The fourth-order valence-electron chi connectivity index (χ4n) is 2.98. The average molecular weight is 407 g/mol. The first kappa shape index (κ1) is 18.4. The van der Waals surface area contributed by atoms with Crippen LogP contribution >= 0.6 is 22.7 Å². The van der Waals surface area contributed by atoms with Crippen LogP contribution in [0.1, 0.15) is 20.1 Å². The number of hydrogen-bond acceptors (Lipinski definition) is 4. The Bertz CT molecular complexity index is 1150. The van der Waals surface area contributed by atoms with Gasteiger partial charge in [0.25, 0.3) is 5.91 Å². The van der Waals surface area contributed by atoms with Gasteiger partial charge in [0, 0.05) is 14.5 Å². The van der Waals surface area contributed by atoms with E-state index < -0.39 is 5.91 Å². The van der Waals surface area contributed by atoms with Crippen LogP contribution in [0.3, 0.4) is 0 Å². The summed E-state index contributed by atoms with van der Waals surface area (Å²) in [6, 6.07) is 21.8. The highest BCUT2D eigenvalue weighted by atomic mass is 32.1. The number of thiophene rings is 2. The van der Waals surface area contributed by atoms with Crippen LogP contribution in [0.25, 0.3) is 20.5 Å². The molecule has 0 radical (unpaired) electrons. The maximum atomic E-state index is 12.1. The number of amides is 2. The number of primary amides is 1. The third kappa shape index (κ3) is 4.13. The van der Waals surface area contributed by atoms with Crippen molar-refractivity contribution < 1.29 is 9.59 Å². The molecule has 0 aliphatic heterocycles. The Labute approximate surface area is 170 Å². The summed E-state index contributed by atoms with van der Waals surface area (Å²) in [7, 11) is 0. The Kier molecular flexibility index (Phi) is 5.23. The number of carbonyl (C=O) groups is 2. The summed E-state index contributed by atoms with van der Waals surface area (Å²) >= 11 is 3.06. The smallest absolute Gasteiger partial charge is 0.258 e. The van der Waals surface area contributed by atoms with Gasteiger partial charge in [-0.2, -0.15) is 0 Å². The van der Waals surface area contributed by atoms with Crippen molar-refractivity contribution in [2.45, 2.75) is 13.0 Å². The quantitative estimate of drug-likeness (QED) is 0.492. The van der Waals surface area contributed by atoms with Gasteiger partial charge in [0.15, 0.2) is 0 Å². The van der Waals surface area contributed by atoms with Gasteiger partial charge in [-0.25, -0.2) is 0 Å². The van der Waals surface area contributed by atoms with E-state index in [4.69, 9.17) is 5.73 Å². The second-order valence-electron chi connectivity index (χ2n) is 6.43. The Morgan fingerprint density at radius 2 is 1.75 bits per heavy atom. The van der Waals surface area contributed by atoms with Crippen LogP contribution in [0.5, 0.6) is 0 Å². The van der Waals surface area contributed by atoms with E-state index in [1.807, 2.05) is 54.6 Å². The molecule has 2 aromatic carbocycles. The lowest BCUT2D eigenvalue weighted by atomic mass is 10.1. The van der Waals surface area contributed by atoms with Crippen molar-refractivity contribution in [1.29, 1.82) is 0 Å². The summed E-state index contributed by atoms with van der Waals surface area (Å²) in [5.74, 6) is -0.382. The first-order valence-corrected chi connectivity index (χ1v) is 10.4. The van der Waals surface area contributed by atoms with Crippen LogP contribution in [-0.4, -0.2) is 11.8 Å². The summed E-state index contributed by atoms with van der Waals surface area (Å²) < 4.78 is 1.04. The van der Waals surface area contributed by atoms with Crippen molar-refractivity contribution in [1.82, 2.24) is 5.32 Å². The van der Waals surface area contributed by atoms with E-state index in [1.54, 1.807) is 11.3 Å². The number of nitrogens with two attached hydrogens (primary N) is 1. The van der Waals surface area contributed by atoms with Gasteiger partial charge >= 0.3 is 0 Å². The molecule has 0 spiro atoms. The highest BCUT2D eigenvalue weighted by Crippen LogP contribution is 2.33. The van der Waals surface area contributed by atoms with E-state index in [2.05, 4.69) is 17.4 Å². The van der Waals surface area contributed by atoms with Crippen molar-refractivity contribution in [2.24, 2.45) is 5.73 Å². The monoisotopic (exact) mass is 406 g/mol. The Morgan fingerprint density at radius 3 is 2.54 bits per heavy atom. The topological polar surface area (TPSA) is 72.2 Å². The third-order valence-corrected chi connectivity index (χ3v) is 6.64.